The van der Waals surface area contributed by atoms with Crippen LogP contribution in [0.25, 0.3) is 0 Å². The molecule has 0 saturated carbocycles. The third-order valence-corrected chi connectivity index (χ3v) is 4.17. The first-order chi connectivity index (χ1) is 10.8. The molecule has 1 fully saturated rings. The van der Waals surface area contributed by atoms with Crippen LogP contribution in [0, 0.1) is 0 Å². The molecule has 5 nitrogen and oxygen atoms in total. The molecule has 5 heteroatoms. The molecule has 1 aliphatic heterocycles. The number of piperazine rings is 1. The highest BCUT2D eigenvalue weighted by atomic mass is 15.3. The van der Waals surface area contributed by atoms with Crippen molar-refractivity contribution < 1.29 is 0 Å². The van der Waals surface area contributed by atoms with Crippen molar-refractivity contribution in [2.45, 2.75) is 33.0 Å². The SMILES string of the molecule is CCCn1cc(CN2CCN(Cc3ccncc3)CC2)cn1. The molecular weight excluding hydrogens is 274 g/mol. The highest BCUT2D eigenvalue weighted by Crippen LogP contribution is 2.11. The van der Waals surface area contributed by atoms with Gasteiger partial charge in [-0.2, -0.15) is 5.10 Å². The highest BCUT2D eigenvalue weighted by molar-refractivity contribution is 5.09. The molecule has 2 aromatic heterocycles. The van der Waals surface area contributed by atoms with Crippen molar-refractivity contribution in [3.63, 3.8) is 0 Å². The maximum absolute atomic E-state index is 4.42. The molecule has 0 atom stereocenters. The first-order valence-corrected chi connectivity index (χ1v) is 8.18. The van der Waals surface area contributed by atoms with Crippen LogP contribution in [-0.2, 0) is 19.6 Å². The molecule has 0 spiro atoms. The Labute approximate surface area is 132 Å². The summed E-state index contributed by atoms with van der Waals surface area (Å²) >= 11 is 0. The van der Waals surface area contributed by atoms with Crippen LogP contribution in [-0.4, -0.2) is 50.7 Å². The van der Waals surface area contributed by atoms with E-state index in [0.29, 0.717) is 0 Å². The van der Waals surface area contributed by atoms with E-state index in [1.165, 1.54) is 11.1 Å². The Hall–Kier alpha value is -1.72. The summed E-state index contributed by atoms with van der Waals surface area (Å²) in [6, 6.07) is 4.21. The van der Waals surface area contributed by atoms with Gasteiger partial charge in [0.15, 0.2) is 0 Å². The minimum atomic E-state index is 1.01. The van der Waals surface area contributed by atoms with Gasteiger partial charge in [-0.05, 0) is 24.1 Å². The molecule has 22 heavy (non-hydrogen) atoms. The second-order valence-electron chi connectivity index (χ2n) is 6.02. The molecule has 3 heterocycles. The number of aryl methyl sites for hydroxylation is 1. The zero-order valence-electron chi connectivity index (χ0n) is 13.4. The minimum absolute atomic E-state index is 1.01. The summed E-state index contributed by atoms with van der Waals surface area (Å²) in [5, 5.41) is 4.42. The molecule has 118 valence electrons. The van der Waals surface area contributed by atoms with Gasteiger partial charge in [0.05, 0.1) is 6.20 Å². The van der Waals surface area contributed by atoms with Gasteiger partial charge in [0.2, 0.25) is 0 Å². The summed E-state index contributed by atoms with van der Waals surface area (Å²) < 4.78 is 2.05. The van der Waals surface area contributed by atoms with Crippen molar-refractivity contribution in [3.8, 4) is 0 Å². The fraction of sp³-hybridized carbons (Fsp3) is 0.529. The summed E-state index contributed by atoms with van der Waals surface area (Å²) in [5.74, 6) is 0. The Balaban J connectivity index is 1.45. The van der Waals surface area contributed by atoms with Crippen molar-refractivity contribution in [2.75, 3.05) is 26.2 Å². The zero-order chi connectivity index (χ0) is 15.2. The predicted octanol–water partition coefficient (Wildman–Crippen LogP) is 2.01. The number of pyridine rings is 1. The Kier molecular flexibility index (Phi) is 5.19. The lowest BCUT2D eigenvalue weighted by Gasteiger charge is -2.34. The quantitative estimate of drug-likeness (QED) is 0.817. The molecule has 0 radical (unpaired) electrons. The largest absolute Gasteiger partial charge is 0.297 e. The smallest absolute Gasteiger partial charge is 0.0534 e. The van der Waals surface area contributed by atoms with Gasteiger partial charge in [0, 0.05) is 70.0 Å². The van der Waals surface area contributed by atoms with Crippen LogP contribution in [0.5, 0.6) is 0 Å². The summed E-state index contributed by atoms with van der Waals surface area (Å²) in [5.41, 5.74) is 2.68. The zero-order valence-corrected chi connectivity index (χ0v) is 13.4. The summed E-state index contributed by atoms with van der Waals surface area (Å²) in [6.45, 7) is 9.77. The summed E-state index contributed by atoms with van der Waals surface area (Å²) in [4.78, 5) is 9.12. The van der Waals surface area contributed by atoms with Crippen LogP contribution in [0.1, 0.15) is 24.5 Å². The van der Waals surface area contributed by atoms with E-state index in [2.05, 4.69) is 49.8 Å². The van der Waals surface area contributed by atoms with Gasteiger partial charge in [0.25, 0.3) is 0 Å². The molecule has 3 rings (SSSR count). The molecule has 1 aliphatic rings. The fourth-order valence-electron chi connectivity index (χ4n) is 2.95. The highest BCUT2D eigenvalue weighted by Gasteiger charge is 2.17. The van der Waals surface area contributed by atoms with Crippen LogP contribution in [0.15, 0.2) is 36.9 Å². The predicted molar refractivity (Wildman–Crippen MR) is 87.3 cm³/mol. The first kappa shape index (κ1) is 15.2. The second-order valence-corrected chi connectivity index (χ2v) is 6.02. The van der Waals surface area contributed by atoms with Crippen molar-refractivity contribution >= 4 is 0 Å². The van der Waals surface area contributed by atoms with Crippen molar-refractivity contribution in [1.29, 1.82) is 0 Å². The minimum Gasteiger partial charge on any atom is -0.297 e. The fourth-order valence-corrected chi connectivity index (χ4v) is 2.95. The van der Waals surface area contributed by atoms with Crippen molar-refractivity contribution in [1.82, 2.24) is 24.6 Å². The Morgan fingerprint density at radius 2 is 1.59 bits per heavy atom. The first-order valence-electron chi connectivity index (χ1n) is 8.18. The standard InChI is InChI=1S/C17H25N5/c1-2-7-22-15-17(12-19-22)14-21-10-8-20(9-11-21)13-16-3-5-18-6-4-16/h3-6,12,15H,2,7-11,13-14H2,1H3. The van der Waals surface area contributed by atoms with E-state index < -0.39 is 0 Å². The van der Waals surface area contributed by atoms with Gasteiger partial charge in [0.1, 0.15) is 0 Å². The topological polar surface area (TPSA) is 37.2 Å². The molecular formula is C17H25N5. The Morgan fingerprint density at radius 3 is 2.23 bits per heavy atom. The van der Waals surface area contributed by atoms with E-state index in [4.69, 9.17) is 0 Å². The lowest BCUT2D eigenvalue weighted by Crippen LogP contribution is -2.45. The Bertz CT molecular complexity index is 557. The number of nitrogens with zero attached hydrogens (tertiary/aromatic N) is 5. The van der Waals surface area contributed by atoms with Gasteiger partial charge in [-0.15, -0.1) is 0 Å². The monoisotopic (exact) mass is 299 g/mol. The van der Waals surface area contributed by atoms with Crippen LogP contribution >= 0.6 is 0 Å². The number of hydrogen-bond acceptors (Lipinski definition) is 4. The lowest BCUT2D eigenvalue weighted by atomic mass is 10.2. The third-order valence-electron chi connectivity index (χ3n) is 4.17. The van der Waals surface area contributed by atoms with Gasteiger partial charge >= 0.3 is 0 Å². The van der Waals surface area contributed by atoms with Gasteiger partial charge in [-0.1, -0.05) is 6.92 Å². The van der Waals surface area contributed by atoms with Crippen LogP contribution in [0.2, 0.25) is 0 Å². The molecule has 0 amide bonds. The number of rotatable bonds is 6. The van der Waals surface area contributed by atoms with E-state index in [1.807, 2.05) is 18.6 Å². The van der Waals surface area contributed by atoms with E-state index in [0.717, 1.165) is 52.2 Å². The van der Waals surface area contributed by atoms with E-state index in [1.54, 1.807) is 0 Å². The van der Waals surface area contributed by atoms with E-state index in [-0.39, 0.29) is 0 Å². The maximum atomic E-state index is 4.42. The van der Waals surface area contributed by atoms with Crippen molar-refractivity contribution in [3.05, 3.63) is 48.0 Å². The average Bonchev–Trinajstić information content (AvgIpc) is 2.98. The van der Waals surface area contributed by atoms with Gasteiger partial charge in [-0.3, -0.25) is 19.5 Å². The molecule has 2 aromatic rings. The number of aromatic nitrogens is 3. The molecule has 0 aliphatic carbocycles. The average molecular weight is 299 g/mol. The molecule has 0 bridgehead atoms. The third kappa shape index (κ3) is 4.15. The van der Waals surface area contributed by atoms with Crippen LogP contribution < -0.4 is 0 Å². The second kappa shape index (κ2) is 7.51. The number of hydrogen-bond donors (Lipinski definition) is 0. The summed E-state index contributed by atoms with van der Waals surface area (Å²) in [7, 11) is 0. The van der Waals surface area contributed by atoms with Gasteiger partial charge in [-0.25, -0.2) is 0 Å². The lowest BCUT2D eigenvalue weighted by molar-refractivity contribution is 0.122. The Morgan fingerprint density at radius 1 is 0.955 bits per heavy atom. The van der Waals surface area contributed by atoms with E-state index in [9.17, 15) is 0 Å². The van der Waals surface area contributed by atoms with Gasteiger partial charge < -0.3 is 0 Å². The normalized spacial score (nSPS) is 17.0. The van der Waals surface area contributed by atoms with E-state index >= 15 is 0 Å². The molecule has 0 aromatic carbocycles. The maximum Gasteiger partial charge on any atom is 0.0534 e. The molecule has 0 N–H and O–H groups in total. The van der Waals surface area contributed by atoms with Crippen LogP contribution in [0.4, 0.5) is 0 Å². The summed E-state index contributed by atoms with van der Waals surface area (Å²) in [6.07, 6.45) is 9.08. The van der Waals surface area contributed by atoms with Crippen molar-refractivity contribution in [2.24, 2.45) is 0 Å². The molecule has 1 saturated heterocycles. The van der Waals surface area contributed by atoms with Crippen LogP contribution in [0.3, 0.4) is 0 Å². The molecule has 0 unspecified atom stereocenters.